The van der Waals surface area contributed by atoms with Gasteiger partial charge in [0, 0.05) is 13.2 Å². The monoisotopic (exact) mass is 445 g/mol. The Labute approximate surface area is 185 Å². The molecular formula is C23H22Cl2FN3O. The number of halogens is 3. The number of nitrogens with one attached hydrogen (secondary N) is 2. The Bertz CT molecular complexity index is 1100. The highest BCUT2D eigenvalue weighted by molar-refractivity contribution is 6.39. The van der Waals surface area contributed by atoms with Gasteiger partial charge in [-0.15, -0.1) is 0 Å². The van der Waals surface area contributed by atoms with Crippen LogP contribution in [0.2, 0.25) is 10.0 Å². The number of aromatic nitrogens is 1. The van der Waals surface area contributed by atoms with Crippen LogP contribution in [0.4, 0.5) is 21.6 Å². The summed E-state index contributed by atoms with van der Waals surface area (Å²) in [5, 5.41) is 6.83. The van der Waals surface area contributed by atoms with E-state index in [0.29, 0.717) is 22.7 Å². The predicted octanol–water partition coefficient (Wildman–Crippen LogP) is 7.27. The number of benzene rings is 2. The van der Waals surface area contributed by atoms with Crippen molar-refractivity contribution in [1.29, 1.82) is 0 Å². The summed E-state index contributed by atoms with van der Waals surface area (Å²) in [6, 6.07) is 11.2. The van der Waals surface area contributed by atoms with E-state index in [1.165, 1.54) is 13.2 Å². The lowest BCUT2D eigenvalue weighted by Crippen LogP contribution is -2.00. The van der Waals surface area contributed by atoms with Crippen molar-refractivity contribution in [2.45, 2.75) is 13.8 Å². The molecule has 3 aromatic rings. The zero-order valence-electron chi connectivity index (χ0n) is 17.1. The summed E-state index contributed by atoms with van der Waals surface area (Å²) in [5.41, 5.74) is 4.33. The van der Waals surface area contributed by atoms with E-state index in [1.54, 1.807) is 31.3 Å². The molecule has 0 bridgehead atoms. The number of ether oxygens (including phenoxy) is 1. The van der Waals surface area contributed by atoms with Gasteiger partial charge in [0.1, 0.15) is 17.4 Å². The number of hydrogen-bond acceptors (Lipinski definition) is 4. The Kier molecular flexibility index (Phi) is 6.85. The SMILES string of the molecule is CNc1cccc(C)c1Nc1ccc(/C=C(\F)c2c(Cl)c(C)cc(OC)c2Cl)cn1. The maximum atomic E-state index is 15.0. The van der Waals surface area contributed by atoms with Gasteiger partial charge >= 0.3 is 0 Å². The van der Waals surface area contributed by atoms with Crippen LogP contribution in [0.15, 0.2) is 42.6 Å². The van der Waals surface area contributed by atoms with Gasteiger partial charge in [-0.3, -0.25) is 0 Å². The minimum atomic E-state index is -0.564. The molecule has 0 radical (unpaired) electrons. The van der Waals surface area contributed by atoms with Gasteiger partial charge in [0.15, 0.2) is 0 Å². The smallest absolute Gasteiger partial charge is 0.138 e. The number of para-hydroxylation sites is 1. The summed E-state index contributed by atoms with van der Waals surface area (Å²) in [4.78, 5) is 4.39. The number of aryl methyl sites for hydroxylation is 2. The van der Waals surface area contributed by atoms with Crippen LogP contribution in [-0.2, 0) is 0 Å². The predicted molar refractivity (Wildman–Crippen MR) is 125 cm³/mol. The number of methoxy groups -OCH3 is 1. The van der Waals surface area contributed by atoms with Crippen LogP contribution >= 0.6 is 23.2 Å². The van der Waals surface area contributed by atoms with E-state index in [-0.39, 0.29) is 15.6 Å². The molecule has 0 unspecified atom stereocenters. The Hall–Kier alpha value is -2.76. The van der Waals surface area contributed by atoms with Gasteiger partial charge in [-0.25, -0.2) is 9.37 Å². The third-order valence-electron chi connectivity index (χ3n) is 4.68. The first-order valence-electron chi connectivity index (χ1n) is 9.26. The quantitative estimate of drug-likeness (QED) is 0.418. The molecule has 3 rings (SSSR count). The van der Waals surface area contributed by atoms with Gasteiger partial charge in [-0.05, 0) is 60.9 Å². The average molecular weight is 446 g/mol. The largest absolute Gasteiger partial charge is 0.495 e. The van der Waals surface area contributed by atoms with Gasteiger partial charge in [0.25, 0.3) is 0 Å². The van der Waals surface area contributed by atoms with Gasteiger partial charge < -0.3 is 15.4 Å². The Balaban J connectivity index is 1.89. The summed E-state index contributed by atoms with van der Waals surface area (Å²) in [6.07, 6.45) is 2.92. The average Bonchev–Trinajstić information content (AvgIpc) is 2.73. The van der Waals surface area contributed by atoms with E-state index in [1.807, 2.05) is 32.2 Å². The molecule has 0 spiro atoms. The van der Waals surface area contributed by atoms with Gasteiger partial charge in [0.2, 0.25) is 0 Å². The molecule has 0 aliphatic heterocycles. The van der Waals surface area contributed by atoms with Gasteiger partial charge in [0.05, 0.1) is 34.1 Å². The Morgan fingerprint density at radius 2 is 1.87 bits per heavy atom. The molecule has 0 saturated heterocycles. The van der Waals surface area contributed by atoms with Crippen molar-refractivity contribution in [2.75, 3.05) is 24.8 Å². The molecule has 0 fully saturated rings. The van der Waals surface area contributed by atoms with Gasteiger partial charge in [-0.2, -0.15) is 0 Å². The molecule has 30 heavy (non-hydrogen) atoms. The molecule has 0 aliphatic rings. The Morgan fingerprint density at radius 3 is 2.50 bits per heavy atom. The van der Waals surface area contributed by atoms with Crippen LogP contribution in [0.1, 0.15) is 22.3 Å². The third-order valence-corrected chi connectivity index (χ3v) is 5.55. The number of nitrogens with zero attached hydrogens (tertiary/aromatic N) is 1. The lowest BCUT2D eigenvalue weighted by atomic mass is 10.1. The van der Waals surface area contributed by atoms with Crippen LogP contribution in [0.25, 0.3) is 11.9 Å². The Morgan fingerprint density at radius 1 is 1.10 bits per heavy atom. The van der Waals surface area contributed by atoms with E-state index < -0.39 is 5.83 Å². The summed E-state index contributed by atoms with van der Waals surface area (Å²) < 4.78 is 20.2. The van der Waals surface area contributed by atoms with Crippen LogP contribution in [0.5, 0.6) is 5.75 Å². The van der Waals surface area contributed by atoms with E-state index >= 15 is 4.39 Å². The molecule has 0 amide bonds. The summed E-state index contributed by atoms with van der Waals surface area (Å²) >= 11 is 12.6. The summed E-state index contributed by atoms with van der Waals surface area (Å²) in [7, 11) is 3.34. The lowest BCUT2D eigenvalue weighted by molar-refractivity contribution is 0.414. The molecule has 0 saturated carbocycles. The molecule has 2 N–H and O–H groups in total. The van der Waals surface area contributed by atoms with Crippen molar-refractivity contribution < 1.29 is 9.13 Å². The van der Waals surface area contributed by atoms with Crippen LogP contribution in [0, 0.1) is 13.8 Å². The fourth-order valence-corrected chi connectivity index (χ4v) is 3.66. The second-order valence-corrected chi connectivity index (χ2v) is 7.50. The van der Waals surface area contributed by atoms with E-state index in [9.17, 15) is 0 Å². The van der Waals surface area contributed by atoms with Crippen molar-refractivity contribution >= 4 is 52.3 Å². The van der Waals surface area contributed by atoms with E-state index in [0.717, 1.165) is 16.9 Å². The zero-order valence-corrected chi connectivity index (χ0v) is 18.6. The normalized spacial score (nSPS) is 11.4. The molecule has 4 nitrogen and oxygen atoms in total. The molecule has 7 heteroatoms. The number of hydrogen-bond donors (Lipinski definition) is 2. The van der Waals surface area contributed by atoms with Crippen molar-refractivity contribution in [1.82, 2.24) is 4.98 Å². The topological polar surface area (TPSA) is 46.2 Å². The van der Waals surface area contributed by atoms with Crippen molar-refractivity contribution in [3.05, 3.63) is 74.9 Å². The standard InChI is InChI=1S/C23H22Cl2FN3O/c1-13-6-5-7-17(27-3)23(13)29-19-9-8-15(12-28-19)11-16(26)20-21(24)14(2)10-18(30-4)22(20)25/h5-12,27H,1-4H3,(H,28,29)/b16-11-. The number of anilines is 3. The fraction of sp³-hybridized carbons (Fsp3) is 0.174. The maximum Gasteiger partial charge on any atom is 0.138 e. The lowest BCUT2D eigenvalue weighted by Gasteiger charge is -2.14. The maximum absolute atomic E-state index is 15.0. The van der Waals surface area contributed by atoms with Crippen LogP contribution < -0.4 is 15.4 Å². The molecule has 0 aliphatic carbocycles. The first kappa shape index (κ1) is 21.9. The van der Waals surface area contributed by atoms with E-state index in [4.69, 9.17) is 27.9 Å². The minimum Gasteiger partial charge on any atom is -0.495 e. The highest BCUT2D eigenvalue weighted by atomic mass is 35.5. The molecule has 1 heterocycles. The molecule has 2 aromatic carbocycles. The zero-order chi connectivity index (χ0) is 21.8. The minimum absolute atomic E-state index is 0.107. The highest BCUT2D eigenvalue weighted by Crippen LogP contribution is 2.41. The van der Waals surface area contributed by atoms with Crippen molar-refractivity contribution in [3.63, 3.8) is 0 Å². The van der Waals surface area contributed by atoms with E-state index in [2.05, 4.69) is 15.6 Å². The molecular weight excluding hydrogens is 424 g/mol. The molecule has 156 valence electrons. The number of pyridine rings is 1. The highest BCUT2D eigenvalue weighted by Gasteiger charge is 2.18. The van der Waals surface area contributed by atoms with Gasteiger partial charge in [-0.1, -0.05) is 35.3 Å². The second kappa shape index (κ2) is 9.37. The summed E-state index contributed by atoms with van der Waals surface area (Å²) in [6.45, 7) is 3.78. The van der Waals surface area contributed by atoms with Crippen LogP contribution in [0.3, 0.4) is 0 Å². The first-order chi connectivity index (χ1) is 14.3. The van der Waals surface area contributed by atoms with Crippen molar-refractivity contribution in [2.24, 2.45) is 0 Å². The summed E-state index contributed by atoms with van der Waals surface area (Å²) in [5.74, 6) is 0.450. The molecule has 0 atom stereocenters. The van der Waals surface area contributed by atoms with Crippen molar-refractivity contribution in [3.8, 4) is 5.75 Å². The molecule has 1 aromatic heterocycles. The second-order valence-electron chi connectivity index (χ2n) is 6.74. The first-order valence-corrected chi connectivity index (χ1v) is 10.0. The third kappa shape index (κ3) is 4.53. The fourth-order valence-electron chi connectivity index (χ4n) is 3.05. The number of rotatable bonds is 6. The van der Waals surface area contributed by atoms with Crippen LogP contribution in [-0.4, -0.2) is 19.1 Å².